The summed E-state index contributed by atoms with van der Waals surface area (Å²) in [5.41, 5.74) is 8.07. The van der Waals surface area contributed by atoms with Gasteiger partial charge in [-0.2, -0.15) is 0 Å². The van der Waals surface area contributed by atoms with Crippen LogP contribution in [0.15, 0.2) is 42.5 Å². The average Bonchev–Trinajstić information content (AvgIpc) is 2.31. The SMILES string of the molecule is Nc1cccc(Cl)c1NCc1ccc(F)cc1. The van der Waals surface area contributed by atoms with Crippen molar-refractivity contribution in [1.82, 2.24) is 0 Å². The van der Waals surface area contributed by atoms with E-state index in [1.807, 2.05) is 0 Å². The summed E-state index contributed by atoms with van der Waals surface area (Å²) in [7, 11) is 0. The van der Waals surface area contributed by atoms with E-state index >= 15 is 0 Å². The summed E-state index contributed by atoms with van der Waals surface area (Å²) in [5.74, 6) is -0.244. The molecule has 0 bridgehead atoms. The van der Waals surface area contributed by atoms with E-state index in [0.717, 1.165) is 5.56 Å². The zero-order valence-corrected chi connectivity index (χ0v) is 9.84. The second-order valence-electron chi connectivity index (χ2n) is 3.68. The fraction of sp³-hybridized carbons (Fsp3) is 0.0769. The van der Waals surface area contributed by atoms with Gasteiger partial charge in [0.25, 0.3) is 0 Å². The lowest BCUT2D eigenvalue weighted by Gasteiger charge is -2.11. The fourth-order valence-corrected chi connectivity index (χ4v) is 1.77. The molecule has 3 N–H and O–H groups in total. The molecule has 0 saturated heterocycles. The molecule has 0 spiro atoms. The maximum atomic E-state index is 12.7. The second kappa shape index (κ2) is 5.06. The lowest BCUT2D eigenvalue weighted by atomic mass is 10.2. The number of anilines is 2. The summed E-state index contributed by atoms with van der Waals surface area (Å²) in [5, 5.41) is 3.71. The Morgan fingerprint density at radius 3 is 2.47 bits per heavy atom. The molecule has 0 radical (unpaired) electrons. The van der Waals surface area contributed by atoms with Crippen molar-refractivity contribution in [3.63, 3.8) is 0 Å². The first-order chi connectivity index (χ1) is 8.16. The van der Waals surface area contributed by atoms with E-state index < -0.39 is 0 Å². The summed E-state index contributed by atoms with van der Waals surface area (Å²) in [6.45, 7) is 0.550. The third-order valence-corrected chi connectivity index (χ3v) is 2.74. The largest absolute Gasteiger partial charge is 0.397 e. The molecule has 0 aliphatic rings. The van der Waals surface area contributed by atoms with E-state index in [1.165, 1.54) is 12.1 Å². The summed E-state index contributed by atoms with van der Waals surface area (Å²) >= 11 is 6.02. The molecule has 2 nitrogen and oxygen atoms in total. The molecule has 2 rings (SSSR count). The molecule has 0 aliphatic carbocycles. The number of hydrogen-bond acceptors (Lipinski definition) is 2. The van der Waals surface area contributed by atoms with Gasteiger partial charge in [0.05, 0.1) is 16.4 Å². The zero-order valence-electron chi connectivity index (χ0n) is 9.08. The molecular formula is C13H12ClFN2. The standard InChI is InChI=1S/C13H12ClFN2/c14-11-2-1-3-12(16)13(11)17-8-9-4-6-10(15)7-5-9/h1-7,17H,8,16H2. The van der Waals surface area contributed by atoms with Gasteiger partial charge < -0.3 is 11.1 Å². The zero-order chi connectivity index (χ0) is 12.3. The van der Waals surface area contributed by atoms with Gasteiger partial charge in [0.15, 0.2) is 0 Å². The topological polar surface area (TPSA) is 38.0 Å². The Hall–Kier alpha value is -1.74. The first-order valence-corrected chi connectivity index (χ1v) is 5.57. The van der Waals surface area contributed by atoms with Crippen LogP contribution in [0.2, 0.25) is 5.02 Å². The fourth-order valence-electron chi connectivity index (χ4n) is 1.52. The van der Waals surface area contributed by atoms with E-state index in [2.05, 4.69) is 5.32 Å². The van der Waals surface area contributed by atoms with Crippen molar-refractivity contribution in [1.29, 1.82) is 0 Å². The Morgan fingerprint density at radius 1 is 1.12 bits per heavy atom. The third kappa shape index (κ3) is 2.88. The van der Waals surface area contributed by atoms with Gasteiger partial charge in [-0.15, -0.1) is 0 Å². The number of para-hydroxylation sites is 1. The van der Waals surface area contributed by atoms with Crippen molar-refractivity contribution < 1.29 is 4.39 Å². The predicted molar refractivity (Wildman–Crippen MR) is 69.6 cm³/mol. The first kappa shape index (κ1) is 11.7. The van der Waals surface area contributed by atoms with Gasteiger partial charge in [0.2, 0.25) is 0 Å². The van der Waals surface area contributed by atoms with Crippen LogP contribution in [0.4, 0.5) is 15.8 Å². The molecule has 0 atom stereocenters. The van der Waals surface area contributed by atoms with Crippen molar-refractivity contribution in [3.8, 4) is 0 Å². The summed E-state index contributed by atoms with van der Waals surface area (Å²) in [6, 6.07) is 11.6. The van der Waals surface area contributed by atoms with Crippen molar-refractivity contribution in [2.45, 2.75) is 6.54 Å². The Bertz CT molecular complexity index is 491. The van der Waals surface area contributed by atoms with Crippen LogP contribution in [0, 0.1) is 5.82 Å². The van der Waals surface area contributed by atoms with Crippen LogP contribution < -0.4 is 11.1 Å². The maximum absolute atomic E-state index is 12.7. The number of benzene rings is 2. The van der Waals surface area contributed by atoms with Crippen LogP contribution in [0.25, 0.3) is 0 Å². The Labute approximate surface area is 104 Å². The summed E-state index contributed by atoms with van der Waals surface area (Å²) in [4.78, 5) is 0. The molecular weight excluding hydrogens is 239 g/mol. The van der Waals surface area contributed by atoms with Crippen LogP contribution in [0.3, 0.4) is 0 Å². The minimum atomic E-state index is -0.244. The highest BCUT2D eigenvalue weighted by molar-refractivity contribution is 6.33. The molecule has 0 unspecified atom stereocenters. The van der Waals surface area contributed by atoms with Gasteiger partial charge in [-0.25, -0.2) is 4.39 Å². The van der Waals surface area contributed by atoms with E-state index in [9.17, 15) is 4.39 Å². The van der Waals surface area contributed by atoms with Crippen molar-refractivity contribution >= 4 is 23.0 Å². The molecule has 2 aromatic rings. The molecule has 0 saturated carbocycles. The van der Waals surface area contributed by atoms with Gasteiger partial charge >= 0.3 is 0 Å². The number of nitrogens with one attached hydrogen (secondary N) is 1. The van der Waals surface area contributed by atoms with E-state index in [0.29, 0.717) is 22.9 Å². The Balaban J connectivity index is 2.10. The van der Waals surface area contributed by atoms with Crippen LogP contribution in [-0.2, 0) is 6.54 Å². The molecule has 0 aliphatic heterocycles. The third-order valence-electron chi connectivity index (χ3n) is 2.43. The number of halogens is 2. The molecule has 4 heteroatoms. The minimum Gasteiger partial charge on any atom is -0.397 e. The first-order valence-electron chi connectivity index (χ1n) is 5.19. The molecule has 2 aromatic carbocycles. The second-order valence-corrected chi connectivity index (χ2v) is 4.09. The van der Waals surface area contributed by atoms with Crippen molar-refractivity contribution in [2.75, 3.05) is 11.1 Å². The minimum absolute atomic E-state index is 0.244. The predicted octanol–water partition coefficient (Wildman–Crippen LogP) is 3.67. The highest BCUT2D eigenvalue weighted by atomic mass is 35.5. The van der Waals surface area contributed by atoms with E-state index in [-0.39, 0.29) is 5.82 Å². The quantitative estimate of drug-likeness (QED) is 0.816. The smallest absolute Gasteiger partial charge is 0.123 e. The monoisotopic (exact) mass is 250 g/mol. The summed E-state index contributed by atoms with van der Waals surface area (Å²) in [6.07, 6.45) is 0. The number of rotatable bonds is 3. The van der Waals surface area contributed by atoms with Crippen LogP contribution in [0.5, 0.6) is 0 Å². The Morgan fingerprint density at radius 2 is 1.82 bits per heavy atom. The highest BCUT2D eigenvalue weighted by Crippen LogP contribution is 2.28. The van der Waals surface area contributed by atoms with Gasteiger partial charge in [-0.05, 0) is 29.8 Å². The highest BCUT2D eigenvalue weighted by Gasteiger charge is 2.03. The van der Waals surface area contributed by atoms with E-state index in [4.69, 9.17) is 17.3 Å². The van der Waals surface area contributed by atoms with Crippen LogP contribution in [-0.4, -0.2) is 0 Å². The number of hydrogen-bond donors (Lipinski definition) is 2. The van der Waals surface area contributed by atoms with E-state index in [1.54, 1.807) is 30.3 Å². The van der Waals surface area contributed by atoms with Gasteiger partial charge in [0.1, 0.15) is 5.82 Å². The lowest BCUT2D eigenvalue weighted by molar-refractivity contribution is 0.627. The lowest BCUT2D eigenvalue weighted by Crippen LogP contribution is -2.03. The van der Waals surface area contributed by atoms with Gasteiger partial charge in [-0.3, -0.25) is 0 Å². The maximum Gasteiger partial charge on any atom is 0.123 e. The van der Waals surface area contributed by atoms with Gasteiger partial charge in [0, 0.05) is 6.54 Å². The average molecular weight is 251 g/mol. The molecule has 0 amide bonds. The van der Waals surface area contributed by atoms with Crippen molar-refractivity contribution in [3.05, 3.63) is 58.9 Å². The normalized spacial score (nSPS) is 10.2. The molecule has 17 heavy (non-hydrogen) atoms. The Kier molecular flexibility index (Phi) is 3.49. The van der Waals surface area contributed by atoms with Crippen LogP contribution >= 0.6 is 11.6 Å². The molecule has 88 valence electrons. The summed E-state index contributed by atoms with van der Waals surface area (Å²) < 4.78 is 12.7. The van der Waals surface area contributed by atoms with Gasteiger partial charge in [-0.1, -0.05) is 29.8 Å². The molecule has 0 heterocycles. The molecule has 0 aromatic heterocycles. The van der Waals surface area contributed by atoms with Crippen molar-refractivity contribution in [2.24, 2.45) is 0 Å². The number of nitrogen functional groups attached to an aromatic ring is 1. The molecule has 0 fully saturated rings. The number of nitrogens with two attached hydrogens (primary N) is 1. The van der Waals surface area contributed by atoms with Crippen LogP contribution in [0.1, 0.15) is 5.56 Å².